The highest BCUT2D eigenvalue weighted by Crippen LogP contribution is 2.16. The molecule has 0 rings (SSSR count). The van der Waals surface area contributed by atoms with E-state index in [0.29, 0.717) is 19.3 Å². The van der Waals surface area contributed by atoms with Crippen LogP contribution in [0, 0.1) is 0 Å². The Morgan fingerprint density at radius 2 is 0.476 bits per heavy atom. The maximum Gasteiger partial charge on any atom is 0.306 e. The molecule has 0 heterocycles. The van der Waals surface area contributed by atoms with Crippen LogP contribution in [0.2, 0.25) is 0 Å². The summed E-state index contributed by atoms with van der Waals surface area (Å²) in [6, 6.07) is 0. The molecule has 0 aliphatic heterocycles. The summed E-state index contributed by atoms with van der Waals surface area (Å²) >= 11 is 0. The van der Waals surface area contributed by atoms with E-state index in [-0.39, 0.29) is 31.1 Å². The molecule has 6 nitrogen and oxygen atoms in total. The first-order chi connectivity index (χ1) is 40.5. The van der Waals surface area contributed by atoms with E-state index in [2.05, 4.69) is 142 Å². The number of allylic oxidation sites excluding steroid dienone is 20. The zero-order chi connectivity index (χ0) is 59.2. The van der Waals surface area contributed by atoms with Crippen LogP contribution in [0.25, 0.3) is 0 Å². The van der Waals surface area contributed by atoms with Gasteiger partial charge in [0.1, 0.15) is 13.2 Å². The smallest absolute Gasteiger partial charge is 0.306 e. The van der Waals surface area contributed by atoms with E-state index in [1.165, 1.54) is 148 Å². The minimum absolute atomic E-state index is 0.0836. The van der Waals surface area contributed by atoms with Crippen molar-refractivity contribution >= 4 is 17.9 Å². The minimum Gasteiger partial charge on any atom is -0.462 e. The molecule has 0 spiro atoms. The largest absolute Gasteiger partial charge is 0.462 e. The molecular weight excluding hydrogens is 1010 g/mol. The van der Waals surface area contributed by atoms with Crippen molar-refractivity contribution in [3.63, 3.8) is 0 Å². The van der Waals surface area contributed by atoms with Crippen molar-refractivity contribution in [2.24, 2.45) is 0 Å². The fourth-order valence-electron chi connectivity index (χ4n) is 9.55. The number of rotatable bonds is 62. The van der Waals surface area contributed by atoms with Crippen LogP contribution in [0.15, 0.2) is 122 Å². The normalized spacial score (nSPS) is 12.9. The molecule has 0 bridgehead atoms. The van der Waals surface area contributed by atoms with Crippen molar-refractivity contribution < 1.29 is 28.6 Å². The van der Waals surface area contributed by atoms with Crippen LogP contribution in [-0.4, -0.2) is 37.2 Å². The molecule has 6 heteroatoms. The van der Waals surface area contributed by atoms with Crippen LogP contribution < -0.4 is 0 Å². The maximum absolute atomic E-state index is 12.9. The summed E-state index contributed by atoms with van der Waals surface area (Å²) < 4.78 is 16.9. The molecule has 0 saturated carbocycles. The predicted molar refractivity (Wildman–Crippen MR) is 357 cm³/mol. The Hall–Kier alpha value is -4.19. The zero-order valence-corrected chi connectivity index (χ0v) is 53.7. The molecule has 0 amide bonds. The molecule has 0 aromatic carbocycles. The van der Waals surface area contributed by atoms with Gasteiger partial charge in [0.15, 0.2) is 6.10 Å². The average molecular weight is 1140 g/mol. The standard InChI is InChI=1S/C76H128O6/c1-4-7-10-13-16-19-21-23-25-27-29-31-33-34-35-36-37-38-39-40-41-42-44-45-47-49-51-53-55-57-60-63-66-69-75(78)81-72-73(71-80-74(77)68-65-62-59-18-15-12-9-6-3)82-76(79)70-67-64-61-58-56-54-52-50-48-46-43-32-30-28-26-24-22-20-17-14-11-8-5-2/h7,10,16,19,23,25,28-31,34-35,37-38,40-41,44-45,49,51,73H,4-6,8-9,11-15,17-18,20-22,24,26-27,32-33,36,39,42-43,46-48,50,52-72H2,1-3H3/b10-7-,19-16-,25-23-,30-28-,31-29-,35-34-,38-37-,41-40-,45-44-,51-49-. The molecule has 0 radical (unpaired) electrons. The van der Waals surface area contributed by atoms with Gasteiger partial charge in [-0.05, 0) is 116 Å². The Balaban J connectivity index is 4.21. The lowest BCUT2D eigenvalue weighted by Gasteiger charge is -2.18. The zero-order valence-electron chi connectivity index (χ0n) is 53.7. The lowest BCUT2D eigenvalue weighted by atomic mass is 10.0. The summed E-state index contributed by atoms with van der Waals surface area (Å²) in [5, 5.41) is 0. The number of ether oxygens (including phenoxy) is 3. The molecule has 468 valence electrons. The topological polar surface area (TPSA) is 78.9 Å². The third kappa shape index (κ3) is 66.6. The average Bonchev–Trinajstić information content (AvgIpc) is 3.47. The van der Waals surface area contributed by atoms with E-state index in [9.17, 15) is 14.4 Å². The lowest BCUT2D eigenvalue weighted by Crippen LogP contribution is -2.30. The van der Waals surface area contributed by atoms with Gasteiger partial charge in [-0.1, -0.05) is 309 Å². The highest BCUT2D eigenvalue weighted by atomic mass is 16.6. The van der Waals surface area contributed by atoms with Gasteiger partial charge >= 0.3 is 17.9 Å². The van der Waals surface area contributed by atoms with Crippen molar-refractivity contribution in [3.8, 4) is 0 Å². The van der Waals surface area contributed by atoms with Crippen molar-refractivity contribution in [2.75, 3.05) is 13.2 Å². The van der Waals surface area contributed by atoms with Gasteiger partial charge in [-0.25, -0.2) is 0 Å². The fraction of sp³-hybridized carbons (Fsp3) is 0.697. The first-order valence-corrected chi connectivity index (χ1v) is 34.5. The monoisotopic (exact) mass is 1140 g/mol. The molecule has 0 aromatic rings. The number of hydrogen-bond donors (Lipinski definition) is 0. The number of esters is 3. The fourth-order valence-corrected chi connectivity index (χ4v) is 9.55. The number of unbranched alkanes of at least 4 members (excludes halogenated alkanes) is 31. The van der Waals surface area contributed by atoms with Crippen molar-refractivity contribution in [2.45, 2.75) is 329 Å². The van der Waals surface area contributed by atoms with E-state index in [0.717, 1.165) is 135 Å². The molecule has 1 unspecified atom stereocenters. The van der Waals surface area contributed by atoms with Gasteiger partial charge < -0.3 is 14.2 Å². The summed E-state index contributed by atoms with van der Waals surface area (Å²) in [7, 11) is 0. The number of hydrogen-bond acceptors (Lipinski definition) is 6. The first kappa shape index (κ1) is 77.8. The Bertz CT molecular complexity index is 1690. The highest BCUT2D eigenvalue weighted by Gasteiger charge is 2.19. The second-order valence-corrected chi connectivity index (χ2v) is 22.7. The van der Waals surface area contributed by atoms with E-state index in [1.807, 2.05) is 0 Å². The Labute approximate surface area is 507 Å². The van der Waals surface area contributed by atoms with Crippen molar-refractivity contribution in [3.05, 3.63) is 122 Å². The quantitative estimate of drug-likeness (QED) is 0.0261. The first-order valence-electron chi connectivity index (χ1n) is 34.5. The van der Waals surface area contributed by atoms with Gasteiger partial charge in [-0.2, -0.15) is 0 Å². The Morgan fingerprint density at radius 1 is 0.256 bits per heavy atom. The van der Waals surface area contributed by atoms with E-state index in [1.54, 1.807) is 0 Å². The number of carbonyl (C=O) groups excluding carboxylic acids is 3. The van der Waals surface area contributed by atoms with Gasteiger partial charge in [0.05, 0.1) is 0 Å². The van der Waals surface area contributed by atoms with Crippen LogP contribution in [0.3, 0.4) is 0 Å². The molecule has 0 aliphatic rings. The molecule has 0 aliphatic carbocycles. The van der Waals surface area contributed by atoms with Crippen molar-refractivity contribution in [1.29, 1.82) is 0 Å². The molecule has 1 atom stereocenters. The van der Waals surface area contributed by atoms with Crippen LogP contribution in [-0.2, 0) is 28.6 Å². The van der Waals surface area contributed by atoms with Gasteiger partial charge in [0, 0.05) is 19.3 Å². The maximum atomic E-state index is 12.9. The summed E-state index contributed by atoms with van der Waals surface area (Å²) in [5.74, 6) is -0.901. The molecule has 0 aromatic heterocycles. The minimum atomic E-state index is -0.787. The molecule has 0 saturated heterocycles. The van der Waals surface area contributed by atoms with Gasteiger partial charge in [0.25, 0.3) is 0 Å². The summed E-state index contributed by atoms with van der Waals surface area (Å²) in [5.41, 5.74) is 0. The summed E-state index contributed by atoms with van der Waals surface area (Å²) in [6.45, 7) is 6.50. The highest BCUT2D eigenvalue weighted by molar-refractivity contribution is 5.71. The Morgan fingerprint density at radius 3 is 0.756 bits per heavy atom. The van der Waals surface area contributed by atoms with Crippen LogP contribution in [0.5, 0.6) is 0 Å². The molecule has 82 heavy (non-hydrogen) atoms. The van der Waals surface area contributed by atoms with Crippen molar-refractivity contribution in [1.82, 2.24) is 0 Å². The summed E-state index contributed by atoms with van der Waals surface area (Å²) in [4.78, 5) is 38.2. The van der Waals surface area contributed by atoms with Crippen LogP contribution >= 0.6 is 0 Å². The van der Waals surface area contributed by atoms with E-state index < -0.39 is 6.10 Å². The van der Waals surface area contributed by atoms with Gasteiger partial charge in [-0.3, -0.25) is 14.4 Å². The van der Waals surface area contributed by atoms with E-state index >= 15 is 0 Å². The second kappa shape index (κ2) is 69.3. The number of carbonyl (C=O) groups is 3. The predicted octanol–water partition coefficient (Wildman–Crippen LogP) is 23.9. The van der Waals surface area contributed by atoms with Crippen LogP contribution in [0.4, 0.5) is 0 Å². The lowest BCUT2D eigenvalue weighted by molar-refractivity contribution is -0.167. The third-order valence-electron chi connectivity index (χ3n) is 14.7. The molecule has 0 N–H and O–H groups in total. The third-order valence-corrected chi connectivity index (χ3v) is 14.7. The molecule has 0 fully saturated rings. The summed E-state index contributed by atoms with van der Waals surface area (Å²) in [6.07, 6.45) is 96.6. The Kier molecular flexibility index (Phi) is 65.8. The van der Waals surface area contributed by atoms with E-state index in [4.69, 9.17) is 14.2 Å². The SMILES string of the molecule is CC/C=C\C/C=C\C/C=C\C/C=C\C/C=C\C/C=C\C/C=C\C/C=C\C/C=C\CCCCCCCC(=O)OCC(COC(=O)CCCCCCCCCC)OC(=O)CCCCCCCCCCCCC/C=C\CCCCCCCCCC. The van der Waals surface area contributed by atoms with Crippen LogP contribution in [0.1, 0.15) is 323 Å². The van der Waals surface area contributed by atoms with Gasteiger partial charge in [0.2, 0.25) is 0 Å². The molecular formula is C76H128O6. The van der Waals surface area contributed by atoms with Gasteiger partial charge in [-0.15, -0.1) is 0 Å². The second-order valence-electron chi connectivity index (χ2n) is 22.7.